The van der Waals surface area contributed by atoms with Crippen LogP contribution in [0.25, 0.3) is 0 Å². The summed E-state index contributed by atoms with van der Waals surface area (Å²) in [7, 11) is 1.37. The molecule has 78 valence electrons. The standard InChI is InChI=1S/C11H10O4/c1-15-9(14)11-6-3-2-4(6)10(11,8(12)13)5(2)7(3)11/h2-7H,1H3,(H,12,13). The van der Waals surface area contributed by atoms with Crippen molar-refractivity contribution in [3.63, 3.8) is 0 Å². The Labute approximate surface area is 85.6 Å². The first-order valence-corrected chi connectivity index (χ1v) is 5.48. The van der Waals surface area contributed by atoms with Crippen LogP contribution >= 0.6 is 0 Å². The SMILES string of the molecule is COC(=O)C12C3C4C5C3C1(C(=O)O)C5C42. The number of hydrogen-bond acceptors (Lipinski definition) is 3. The van der Waals surface area contributed by atoms with E-state index in [0.717, 1.165) is 0 Å². The molecule has 4 heteroatoms. The van der Waals surface area contributed by atoms with E-state index in [-0.39, 0.29) is 5.97 Å². The first-order chi connectivity index (χ1) is 7.16. The van der Waals surface area contributed by atoms with Gasteiger partial charge in [-0.15, -0.1) is 0 Å². The molecule has 0 bridgehead atoms. The Morgan fingerprint density at radius 3 is 1.93 bits per heavy atom. The first kappa shape index (κ1) is 7.25. The summed E-state index contributed by atoms with van der Waals surface area (Å²) in [4.78, 5) is 23.2. The van der Waals surface area contributed by atoms with Crippen molar-refractivity contribution in [1.29, 1.82) is 0 Å². The minimum Gasteiger partial charge on any atom is -0.481 e. The summed E-state index contributed by atoms with van der Waals surface area (Å²) in [6, 6.07) is 0. The number of carboxylic acids is 1. The van der Waals surface area contributed by atoms with E-state index in [4.69, 9.17) is 4.74 Å². The molecule has 6 rings (SSSR count). The number of ether oxygens (including phenoxy) is 1. The Morgan fingerprint density at radius 1 is 1.07 bits per heavy atom. The van der Waals surface area contributed by atoms with Crippen molar-refractivity contribution in [2.24, 2.45) is 46.3 Å². The van der Waals surface area contributed by atoms with Gasteiger partial charge in [-0.05, 0) is 35.5 Å². The molecule has 6 aliphatic rings. The van der Waals surface area contributed by atoms with E-state index in [1.54, 1.807) is 0 Å². The predicted molar refractivity (Wildman–Crippen MR) is 45.5 cm³/mol. The fourth-order valence-corrected chi connectivity index (χ4v) is 6.61. The molecule has 4 unspecified atom stereocenters. The van der Waals surface area contributed by atoms with Crippen LogP contribution in [0.4, 0.5) is 0 Å². The van der Waals surface area contributed by atoms with Crippen LogP contribution < -0.4 is 0 Å². The lowest BCUT2D eigenvalue weighted by Gasteiger charge is -3.08. The fourth-order valence-electron chi connectivity index (χ4n) is 6.61. The molecule has 0 heterocycles. The van der Waals surface area contributed by atoms with Gasteiger partial charge in [-0.3, -0.25) is 9.59 Å². The highest BCUT2D eigenvalue weighted by atomic mass is 16.5. The normalized spacial score (nSPS) is 72.3. The Hall–Kier alpha value is -1.06. The molecule has 4 atom stereocenters. The molecular formula is C11H10O4. The molecule has 1 N–H and O–H groups in total. The third-order valence-electron chi connectivity index (χ3n) is 6.54. The minimum atomic E-state index is -0.746. The van der Waals surface area contributed by atoms with Crippen LogP contribution in [0.3, 0.4) is 0 Å². The molecule has 0 aromatic rings. The van der Waals surface area contributed by atoms with E-state index in [0.29, 0.717) is 35.5 Å². The van der Waals surface area contributed by atoms with Crippen LogP contribution in [0, 0.1) is 46.3 Å². The van der Waals surface area contributed by atoms with Crippen molar-refractivity contribution in [2.75, 3.05) is 7.11 Å². The molecule has 6 saturated carbocycles. The van der Waals surface area contributed by atoms with Gasteiger partial charge in [0.05, 0.1) is 17.9 Å². The van der Waals surface area contributed by atoms with E-state index < -0.39 is 16.8 Å². The lowest BCUT2D eigenvalue weighted by atomic mass is 8.92. The van der Waals surface area contributed by atoms with E-state index in [1.807, 2.05) is 0 Å². The molecule has 4 nitrogen and oxygen atoms in total. The van der Waals surface area contributed by atoms with Crippen LogP contribution in [-0.2, 0) is 14.3 Å². The molecule has 6 fully saturated rings. The summed E-state index contributed by atoms with van der Waals surface area (Å²) >= 11 is 0. The van der Waals surface area contributed by atoms with Crippen LogP contribution in [0.5, 0.6) is 0 Å². The lowest BCUT2D eigenvalue weighted by molar-refractivity contribution is -0.630. The molecule has 0 spiro atoms. The zero-order valence-corrected chi connectivity index (χ0v) is 8.14. The van der Waals surface area contributed by atoms with Gasteiger partial charge < -0.3 is 9.84 Å². The summed E-state index contributed by atoms with van der Waals surface area (Å²) in [6.45, 7) is 0. The molecule has 0 amide bonds. The number of carbonyl (C=O) groups is 2. The minimum absolute atomic E-state index is 0.248. The second kappa shape index (κ2) is 1.43. The van der Waals surface area contributed by atoms with Crippen LogP contribution in [0.1, 0.15) is 0 Å². The predicted octanol–water partition coefficient (Wildman–Crippen LogP) is -0.0180. The van der Waals surface area contributed by atoms with Crippen molar-refractivity contribution in [3.05, 3.63) is 0 Å². The monoisotopic (exact) mass is 206 g/mol. The van der Waals surface area contributed by atoms with Crippen molar-refractivity contribution in [3.8, 4) is 0 Å². The number of hydrogen-bond donors (Lipinski definition) is 1. The molecule has 0 aliphatic heterocycles. The number of carbonyl (C=O) groups excluding carboxylic acids is 1. The summed E-state index contributed by atoms with van der Waals surface area (Å²) < 4.78 is 4.83. The first-order valence-electron chi connectivity index (χ1n) is 5.48. The van der Waals surface area contributed by atoms with Crippen LogP contribution in [-0.4, -0.2) is 24.2 Å². The van der Waals surface area contributed by atoms with Crippen LogP contribution in [0.15, 0.2) is 0 Å². The third-order valence-corrected chi connectivity index (χ3v) is 6.54. The summed E-state index contributed by atoms with van der Waals surface area (Å²) in [5, 5.41) is 9.37. The number of methoxy groups -OCH3 is 1. The average Bonchev–Trinajstić information content (AvgIpc) is 2.27. The number of rotatable bonds is 2. The van der Waals surface area contributed by atoms with E-state index in [2.05, 4.69) is 0 Å². The topological polar surface area (TPSA) is 63.6 Å². The van der Waals surface area contributed by atoms with Crippen molar-refractivity contribution >= 4 is 11.9 Å². The maximum Gasteiger partial charge on any atom is 0.313 e. The van der Waals surface area contributed by atoms with Crippen molar-refractivity contribution < 1.29 is 19.4 Å². The average molecular weight is 206 g/mol. The highest BCUT2D eigenvalue weighted by Gasteiger charge is 3.14. The third kappa shape index (κ3) is 0.283. The van der Waals surface area contributed by atoms with E-state index in [1.165, 1.54) is 7.11 Å². The highest BCUT2D eigenvalue weighted by Crippen LogP contribution is 3.10. The lowest BCUT2D eigenvalue weighted by Crippen LogP contribution is -3.12. The van der Waals surface area contributed by atoms with Crippen LogP contribution in [0.2, 0.25) is 0 Å². The number of carboxylic acid groups (broad SMARTS) is 1. The summed E-state index contributed by atoms with van der Waals surface area (Å²) in [6.07, 6.45) is 0. The zero-order chi connectivity index (χ0) is 10.3. The molecule has 0 aromatic heterocycles. The zero-order valence-electron chi connectivity index (χ0n) is 8.14. The highest BCUT2D eigenvalue weighted by molar-refractivity contribution is 6.00. The van der Waals surface area contributed by atoms with Gasteiger partial charge in [0.25, 0.3) is 0 Å². The maximum atomic E-state index is 11.8. The number of esters is 1. The van der Waals surface area contributed by atoms with E-state index in [9.17, 15) is 14.7 Å². The molecule has 0 saturated heterocycles. The second-order valence-electron chi connectivity index (χ2n) is 5.79. The smallest absolute Gasteiger partial charge is 0.313 e. The molecule has 0 radical (unpaired) electrons. The quantitative estimate of drug-likeness (QED) is 0.645. The van der Waals surface area contributed by atoms with Gasteiger partial charge in [0.15, 0.2) is 0 Å². The molecule has 15 heavy (non-hydrogen) atoms. The summed E-state index contributed by atoms with van der Waals surface area (Å²) in [5.41, 5.74) is -1.24. The Bertz CT molecular complexity index is 447. The molecular weight excluding hydrogens is 196 g/mol. The fraction of sp³-hybridized carbons (Fsp3) is 0.818. The Kier molecular flexibility index (Phi) is 0.691. The maximum absolute atomic E-state index is 11.8. The largest absolute Gasteiger partial charge is 0.481 e. The van der Waals surface area contributed by atoms with Crippen molar-refractivity contribution in [2.45, 2.75) is 0 Å². The number of aliphatic carboxylic acids is 1. The second-order valence-corrected chi connectivity index (χ2v) is 5.79. The van der Waals surface area contributed by atoms with Gasteiger partial charge in [0.2, 0.25) is 0 Å². The van der Waals surface area contributed by atoms with Gasteiger partial charge in [-0.25, -0.2) is 0 Å². The Balaban J connectivity index is 1.70. The van der Waals surface area contributed by atoms with Gasteiger partial charge >= 0.3 is 11.9 Å². The molecule has 6 aliphatic carbocycles. The van der Waals surface area contributed by atoms with Gasteiger partial charge in [0, 0.05) is 0 Å². The van der Waals surface area contributed by atoms with E-state index >= 15 is 0 Å². The van der Waals surface area contributed by atoms with Crippen molar-refractivity contribution in [1.82, 2.24) is 0 Å². The summed E-state index contributed by atoms with van der Waals surface area (Å²) in [5.74, 6) is 1.78. The van der Waals surface area contributed by atoms with Gasteiger partial charge in [-0.1, -0.05) is 0 Å². The molecule has 0 aromatic carbocycles. The van der Waals surface area contributed by atoms with Gasteiger partial charge in [0.1, 0.15) is 0 Å². The Morgan fingerprint density at radius 2 is 1.53 bits per heavy atom. The van der Waals surface area contributed by atoms with Gasteiger partial charge in [-0.2, -0.15) is 0 Å².